The third-order valence-corrected chi connectivity index (χ3v) is 6.36. The molecule has 1 amide bonds. The van der Waals surface area contributed by atoms with Crippen molar-refractivity contribution < 1.29 is 13.9 Å². The minimum absolute atomic E-state index is 0.176. The zero-order chi connectivity index (χ0) is 24.5. The van der Waals surface area contributed by atoms with Gasteiger partial charge >= 0.3 is 0 Å². The maximum absolute atomic E-state index is 13.5. The van der Waals surface area contributed by atoms with E-state index in [1.165, 1.54) is 25.0 Å². The molecule has 35 heavy (non-hydrogen) atoms. The Morgan fingerprint density at radius 1 is 1.26 bits per heavy atom. The molecule has 1 atom stereocenters. The fraction of sp³-hybridized carbons (Fsp3) is 0.296. The van der Waals surface area contributed by atoms with Crippen LogP contribution in [-0.4, -0.2) is 40.0 Å². The van der Waals surface area contributed by atoms with Gasteiger partial charge in [-0.05, 0) is 74.1 Å². The van der Waals surface area contributed by atoms with Crippen LogP contribution in [0, 0.1) is 18.7 Å². The van der Waals surface area contributed by atoms with Crippen molar-refractivity contribution in [2.24, 2.45) is 10.9 Å². The summed E-state index contributed by atoms with van der Waals surface area (Å²) in [4.78, 5) is 24.2. The average Bonchev–Trinajstić information content (AvgIpc) is 3.51. The molecule has 1 unspecified atom stereocenters. The van der Waals surface area contributed by atoms with E-state index < -0.39 is 0 Å². The number of imidazole rings is 1. The van der Waals surface area contributed by atoms with Crippen LogP contribution in [0.2, 0.25) is 0 Å². The van der Waals surface area contributed by atoms with Gasteiger partial charge in [0.2, 0.25) is 5.96 Å². The van der Waals surface area contributed by atoms with Crippen LogP contribution in [0.15, 0.2) is 65.7 Å². The van der Waals surface area contributed by atoms with E-state index in [0.717, 1.165) is 22.5 Å². The molecule has 7 nitrogen and oxygen atoms in total. The van der Waals surface area contributed by atoms with E-state index in [1.54, 1.807) is 36.5 Å². The topological polar surface area (TPSA) is 71.8 Å². The second-order valence-corrected chi connectivity index (χ2v) is 9.05. The molecule has 2 heterocycles. The van der Waals surface area contributed by atoms with Crippen LogP contribution in [0.5, 0.6) is 5.75 Å². The number of guanidine groups is 1. The second-order valence-electron chi connectivity index (χ2n) is 9.05. The summed E-state index contributed by atoms with van der Waals surface area (Å²) in [5.41, 5.74) is 3.85. The minimum Gasteiger partial charge on any atom is -0.495 e. The van der Waals surface area contributed by atoms with E-state index in [9.17, 15) is 9.18 Å². The van der Waals surface area contributed by atoms with Gasteiger partial charge in [-0.15, -0.1) is 0 Å². The molecule has 1 aromatic heterocycles. The molecule has 0 spiro atoms. The van der Waals surface area contributed by atoms with E-state index in [2.05, 4.69) is 10.3 Å². The Bertz CT molecular complexity index is 1310. The van der Waals surface area contributed by atoms with Crippen LogP contribution in [0.25, 0.3) is 11.8 Å². The van der Waals surface area contributed by atoms with Gasteiger partial charge in [-0.1, -0.05) is 18.2 Å². The van der Waals surface area contributed by atoms with Gasteiger partial charge in [-0.3, -0.25) is 14.7 Å². The van der Waals surface area contributed by atoms with E-state index >= 15 is 0 Å². The first kappa shape index (κ1) is 22.8. The number of nitrogens with zero attached hydrogens (tertiary/aromatic N) is 4. The number of aliphatic imine (C=N–C) groups is 1. The van der Waals surface area contributed by atoms with E-state index in [0.29, 0.717) is 29.9 Å². The molecule has 2 aliphatic rings. The lowest BCUT2D eigenvalue weighted by atomic mass is 10.1. The predicted octanol–water partition coefficient (Wildman–Crippen LogP) is 4.63. The van der Waals surface area contributed by atoms with Gasteiger partial charge in [-0.2, -0.15) is 0 Å². The minimum atomic E-state index is -0.307. The number of halogens is 1. The van der Waals surface area contributed by atoms with E-state index in [-0.39, 0.29) is 17.8 Å². The number of ether oxygens (including phenoxy) is 1. The molecular weight excluding hydrogens is 445 g/mol. The van der Waals surface area contributed by atoms with Crippen molar-refractivity contribution in [3.05, 3.63) is 83.3 Å². The smallest absolute Gasteiger partial charge is 0.277 e. The number of aromatic nitrogens is 2. The lowest BCUT2D eigenvalue weighted by Crippen LogP contribution is -2.35. The zero-order valence-corrected chi connectivity index (χ0v) is 20.0. The Morgan fingerprint density at radius 2 is 2.03 bits per heavy atom. The number of nitrogens with one attached hydrogen (secondary N) is 1. The molecule has 3 aromatic rings. The van der Waals surface area contributed by atoms with Crippen LogP contribution < -0.4 is 10.1 Å². The zero-order valence-electron chi connectivity index (χ0n) is 20.0. The SMILES string of the molecule is COc1cc(/C=C2\NC(=NCC3CC3)N(C(C)c3ccc(F)cc3)C2=O)ccc1-n1cnc(C)c1. The van der Waals surface area contributed by atoms with Crippen molar-refractivity contribution in [3.8, 4) is 11.4 Å². The van der Waals surface area contributed by atoms with Crippen molar-refractivity contribution >= 4 is 17.9 Å². The summed E-state index contributed by atoms with van der Waals surface area (Å²) in [6.45, 7) is 4.54. The van der Waals surface area contributed by atoms with Gasteiger partial charge in [0.05, 0.1) is 30.9 Å². The molecule has 2 fully saturated rings. The van der Waals surface area contributed by atoms with Crippen molar-refractivity contribution in [2.75, 3.05) is 13.7 Å². The largest absolute Gasteiger partial charge is 0.495 e. The molecule has 8 heteroatoms. The molecule has 0 radical (unpaired) electrons. The Labute approximate surface area is 204 Å². The number of methoxy groups -OCH3 is 1. The summed E-state index contributed by atoms with van der Waals surface area (Å²) >= 11 is 0. The third-order valence-electron chi connectivity index (χ3n) is 6.36. The van der Waals surface area contributed by atoms with Gasteiger partial charge in [-0.25, -0.2) is 9.37 Å². The lowest BCUT2D eigenvalue weighted by molar-refractivity contribution is -0.123. The van der Waals surface area contributed by atoms with E-state index in [4.69, 9.17) is 9.73 Å². The first-order chi connectivity index (χ1) is 16.9. The van der Waals surface area contributed by atoms with Gasteiger partial charge < -0.3 is 14.6 Å². The number of rotatable bonds is 7. The Balaban J connectivity index is 1.46. The van der Waals surface area contributed by atoms with Crippen molar-refractivity contribution in [3.63, 3.8) is 0 Å². The van der Waals surface area contributed by atoms with Crippen molar-refractivity contribution in [1.82, 2.24) is 19.8 Å². The quantitative estimate of drug-likeness (QED) is 0.508. The number of amides is 1. The number of hydrogen-bond donors (Lipinski definition) is 1. The molecule has 1 aliphatic carbocycles. The first-order valence-electron chi connectivity index (χ1n) is 11.7. The molecule has 1 saturated carbocycles. The second kappa shape index (κ2) is 9.37. The Hall–Kier alpha value is -3.94. The van der Waals surface area contributed by atoms with Crippen LogP contribution in [0.1, 0.15) is 42.6 Å². The monoisotopic (exact) mass is 473 g/mol. The fourth-order valence-electron chi connectivity index (χ4n) is 4.16. The molecular formula is C27H28FN5O2. The maximum Gasteiger partial charge on any atom is 0.277 e. The summed E-state index contributed by atoms with van der Waals surface area (Å²) in [5.74, 6) is 1.30. The lowest BCUT2D eigenvalue weighted by Gasteiger charge is -2.24. The molecule has 180 valence electrons. The fourth-order valence-corrected chi connectivity index (χ4v) is 4.16. The van der Waals surface area contributed by atoms with Crippen LogP contribution in [0.3, 0.4) is 0 Å². The Morgan fingerprint density at radius 3 is 2.69 bits per heavy atom. The summed E-state index contributed by atoms with van der Waals surface area (Å²) in [5, 5.41) is 3.23. The van der Waals surface area contributed by atoms with Gasteiger partial charge in [0.15, 0.2) is 0 Å². The summed E-state index contributed by atoms with van der Waals surface area (Å²) < 4.78 is 21.0. The standard InChI is InChI=1S/C27H28FN5O2/c1-17-15-32(16-30-17)24-11-6-20(13-25(24)35-3)12-23-26(34)33(27(31-23)29-14-19-4-5-19)18(2)21-7-9-22(28)10-8-21/h6-13,15-16,18-19H,4-5,14H2,1-3H3,(H,29,31)/b23-12-. The highest BCUT2D eigenvalue weighted by atomic mass is 19.1. The molecule has 0 bridgehead atoms. The highest BCUT2D eigenvalue weighted by Gasteiger charge is 2.36. The van der Waals surface area contributed by atoms with Crippen molar-refractivity contribution in [2.45, 2.75) is 32.7 Å². The first-order valence-corrected chi connectivity index (χ1v) is 11.7. The van der Waals surface area contributed by atoms with Crippen LogP contribution >= 0.6 is 0 Å². The summed E-state index contributed by atoms with van der Waals surface area (Å²) in [6, 6.07) is 11.7. The van der Waals surface area contributed by atoms with Gasteiger partial charge in [0.1, 0.15) is 17.3 Å². The van der Waals surface area contributed by atoms with Gasteiger partial charge in [0, 0.05) is 12.7 Å². The number of carbonyl (C=O) groups excluding carboxylic acids is 1. The maximum atomic E-state index is 13.5. The molecule has 1 N–H and O–H groups in total. The van der Waals surface area contributed by atoms with E-state index in [1.807, 2.05) is 42.8 Å². The molecule has 1 saturated heterocycles. The number of carbonyl (C=O) groups is 1. The van der Waals surface area contributed by atoms with Crippen LogP contribution in [0.4, 0.5) is 4.39 Å². The predicted molar refractivity (Wildman–Crippen MR) is 133 cm³/mol. The molecule has 5 rings (SSSR count). The van der Waals surface area contributed by atoms with Crippen LogP contribution in [-0.2, 0) is 4.79 Å². The summed E-state index contributed by atoms with van der Waals surface area (Å²) in [7, 11) is 1.62. The molecule has 1 aliphatic heterocycles. The summed E-state index contributed by atoms with van der Waals surface area (Å²) in [6.07, 6.45) is 7.81. The van der Waals surface area contributed by atoms with Crippen molar-refractivity contribution in [1.29, 1.82) is 0 Å². The number of benzene rings is 2. The molecule has 2 aromatic carbocycles. The highest BCUT2D eigenvalue weighted by Crippen LogP contribution is 2.31. The Kier molecular flexibility index (Phi) is 6.11. The number of hydrogen-bond acceptors (Lipinski definition) is 4. The van der Waals surface area contributed by atoms with Gasteiger partial charge in [0.25, 0.3) is 5.91 Å². The normalized spacial score (nSPS) is 18.9. The third kappa shape index (κ3) is 4.82. The average molecular weight is 474 g/mol. The number of aryl methyl sites for hydroxylation is 1. The highest BCUT2D eigenvalue weighted by molar-refractivity contribution is 6.15.